The van der Waals surface area contributed by atoms with Crippen LogP contribution in [0.4, 0.5) is 13.2 Å². The molecule has 0 unspecified atom stereocenters. The van der Waals surface area contributed by atoms with Gasteiger partial charge in [-0.25, -0.2) is 4.98 Å². The largest absolute Gasteiger partial charge is 0.502 e. The quantitative estimate of drug-likeness (QED) is 0.596. The third-order valence-electron chi connectivity index (χ3n) is 5.21. The van der Waals surface area contributed by atoms with E-state index in [0.717, 1.165) is 23.6 Å². The number of aryl methyl sites for hydroxylation is 1. The van der Waals surface area contributed by atoms with Crippen LogP contribution in [0.1, 0.15) is 36.3 Å². The molecule has 1 amide bonds. The second-order valence-electron chi connectivity index (χ2n) is 7.55. The molecule has 2 aromatic heterocycles. The van der Waals surface area contributed by atoms with Crippen molar-refractivity contribution >= 4 is 17.7 Å². The average Bonchev–Trinajstić information content (AvgIpc) is 2.74. The Kier molecular flexibility index (Phi) is 7.37. The van der Waals surface area contributed by atoms with E-state index in [1.165, 1.54) is 6.07 Å². The Morgan fingerprint density at radius 2 is 2.06 bits per heavy atom. The van der Waals surface area contributed by atoms with Crippen molar-refractivity contribution in [1.82, 2.24) is 10.3 Å². The number of carbonyl (C=O) groups is 1. The van der Waals surface area contributed by atoms with Crippen LogP contribution in [0.25, 0.3) is 0 Å². The molecule has 1 aliphatic rings. The summed E-state index contributed by atoms with van der Waals surface area (Å²) in [5.74, 6) is 1.25. The van der Waals surface area contributed by atoms with E-state index in [9.17, 15) is 27.9 Å². The smallest absolute Gasteiger partial charge is 0.417 e. The van der Waals surface area contributed by atoms with Crippen molar-refractivity contribution in [3.05, 3.63) is 51.7 Å². The molecule has 0 aromatic carbocycles. The number of hydrogen-bond acceptors (Lipinski definition) is 7. The molecule has 3 rings (SSSR count). The number of amides is 1. The van der Waals surface area contributed by atoms with E-state index < -0.39 is 28.3 Å². The summed E-state index contributed by atoms with van der Waals surface area (Å²) in [6.45, 7) is 1.73. The summed E-state index contributed by atoms with van der Waals surface area (Å²) >= 11 is 1.72. The predicted octanol–water partition coefficient (Wildman–Crippen LogP) is 3.42. The van der Waals surface area contributed by atoms with E-state index in [1.807, 2.05) is 0 Å². The first-order chi connectivity index (χ1) is 15.1. The van der Waals surface area contributed by atoms with E-state index in [0.29, 0.717) is 24.8 Å². The number of aromatic nitrogens is 1. The zero-order valence-corrected chi connectivity index (χ0v) is 18.1. The van der Waals surface area contributed by atoms with Crippen LogP contribution in [0.2, 0.25) is 0 Å². The number of alkyl halides is 3. The van der Waals surface area contributed by atoms with Crippen LogP contribution in [0.5, 0.6) is 11.6 Å². The maximum atomic E-state index is 12.6. The van der Waals surface area contributed by atoms with Crippen LogP contribution in [0.15, 0.2) is 33.6 Å². The number of hydrogen-bond donors (Lipinski definition) is 2. The lowest BCUT2D eigenvalue weighted by molar-refractivity contribution is -0.137. The van der Waals surface area contributed by atoms with Crippen molar-refractivity contribution in [3.63, 3.8) is 0 Å². The van der Waals surface area contributed by atoms with E-state index in [1.54, 1.807) is 18.7 Å². The summed E-state index contributed by atoms with van der Waals surface area (Å²) in [7, 11) is 0. The van der Waals surface area contributed by atoms with E-state index in [-0.39, 0.29) is 37.1 Å². The summed E-state index contributed by atoms with van der Waals surface area (Å²) in [6.07, 6.45) is -2.64. The number of nitrogens with zero attached hydrogens (tertiary/aromatic N) is 1. The highest BCUT2D eigenvalue weighted by Crippen LogP contribution is 2.44. The number of ether oxygens (including phenoxy) is 1. The molecule has 174 valence electrons. The fourth-order valence-corrected chi connectivity index (χ4v) is 4.83. The third-order valence-corrected chi connectivity index (χ3v) is 6.20. The molecule has 0 spiro atoms. The van der Waals surface area contributed by atoms with Crippen LogP contribution in [0.3, 0.4) is 0 Å². The zero-order valence-electron chi connectivity index (χ0n) is 17.3. The number of halogens is 3. The Bertz CT molecular complexity index is 1000. The molecule has 1 aliphatic heterocycles. The number of rotatable bonds is 7. The Labute approximate surface area is 186 Å². The Morgan fingerprint density at radius 3 is 2.69 bits per heavy atom. The lowest BCUT2D eigenvalue weighted by atomic mass is 9.75. The first-order valence-corrected chi connectivity index (χ1v) is 11.1. The summed E-state index contributed by atoms with van der Waals surface area (Å²) in [4.78, 5) is 28.3. The molecule has 0 atom stereocenters. The summed E-state index contributed by atoms with van der Waals surface area (Å²) in [5, 5.41) is 13.0. The molecular formula is C21H23F3N2O5S. The van der Waals surface area contributed by atoms with Crippen LogP contribution in [0, 0.1) is 6.92 Å². The highest BCUT2D eigenvalue weighted by Gasteiger charge is 2.41. The van der Waals surface area contributed by atoms with Crippen LogP contribution >= 0.6 is 11.8 Å². The number of pyridine rings is 1. The molecule has 3 heterocycles. The van der Waals surface area contributed by atoms with Gasteiger partial charge in [-0.1, -0.05) is 0 Å². The minimum absolute atomic E-state index is 0.0116. The van der Waals surface area contributed by atoms with E-state index >= 15 is 0 Å². The fourth-order valence-electron chi connectivity index (χ4n) is 3.56. The lowest BCUT2D eigenvalue weighted by Crippen LogP contribution is -2.39. The highest BCUT2D eigenvalue weighted by atomic mass is 32.2. The van der Waals surface area contributed by atoms with Gasteiger partial charge in [-0.05, 0) is 37.3 Å². The van der Waals surface area contributed by atoms with Gasteiger partial charge in [0.05, 0.1) is 12.1 Å². The molecule has 0 aliphatic carbocycles. The molecule has 2 aromatic rings. The number of carbonyl (C=O) groups excluding carboxylic acids is 1. The Morgan fingerprint density at radius 1 is 1.34 bits per heavy atom. The SMILES string of the molecule is Cc1cc(=O)c(O)c(C2(CC(=O)NCCOc3ccc(C(F)(F)F)cn3)CCSCC2)o1. The second-order valence-corrected chi connectivity index (χ2v) is 8.77. The van der Waals surface area contributed by atoms with Crippen molar-refractivity contribution in [2.45, 2.75) is 37.8 Å². The lowest BCUT2D eigenvalue weighted by Gasteiger charge is -2.35. The van der Waals surface area contributed by atoms with Gasteiger partial charge in [0.15, 0.2) is 5.76 Å². The summed E-state index contributed by atoms with van der Waals surface area (Å²) < 4.78 is 48.7. The maximum absolute atomic E-state index is 12.6. The van der Waals surface area contributed by atoms with Gasteiger partial charge < -0.3 is 19.6 Å². The number of aromatic hydroxyl groups is 1. The Balaban J connectivity index is 1.59. The molecule has 11 heteroatoms. The Hall–Kier alpha value is -2.69. The van der Waals surface area contributed by atoms with Crippen molar-refractivity contribution in [3.8, 4) is 11.6 Å². The monoisotopic (exact) mass is 472 g/mol. The highest BCUT2D eigenvalue weighted by molar-refractivity contribution is 7.99. The average molecular weight is 472 g/mol. The van der Waals surface area contributed by atoms with Crippen molar-refractivity contribution in [2.75, 3.05) is 24.7 Å². The van der Waals surface area contributed by atoms with Crippen LogP contribution < -0.4 is 15.5 Å². The summed E-state index contributed by atoms with van der Waals surface area (Å²) in [6, 6.07) is 3.19. The molecule has 0 bridgehead atoms. The molecule has 1 saturated heterocycles. The maximum Gasteiger partial charge on any atom is 0.417 e. The third kappa shape index (κ3) is 5.76. The van der Waals surface area contributed by atoms with Gasteiger partial charge in [-0.2, -0.15) is 24.9 Å². The summed E-state index contributed by atoms with van der Waals surface area (Å²) in [5.41, 5.74) is -2.21. The van der Waals surface area contributed by atoms with E-state index in [4.69, 9.17) is 9.15 Å². The molecule has 0 radical (unpaired) electrons. The fraction of sp³-hybridized carbons (Fsp3) is 0.476. The zero-order chi connectivity index (χ0) is 23.4. The molecule has 32 heavy (non-hydrogen) atoms. The first kappa shape index (κ1) is 24.0. The van der Waals surface area contributed by atoms with Gasteiger partial charge >= 0.3 is 6.18 Å². The van der Waals surface area contributed by atoms with Crippen molar-refractivity contribution in [1.29, 1.82) is 0 Å². The van der Waals surface area contributed by atoms with Crippen LogP contribution in [-0.4, -0.2) is 40.7 Å². The molecule has 2 N–H and O–H groups in total. The molecule has 7 nitrogen and oxygen atoms in total. The van der Waals surface area contributed by atoms with Gasteiger partial charge in [-0.15, -0.1) is 0 Å². The van der Waals surface area contributed by atoms with E-state index in [2.05, 4.69) is 10.3 Å². The van der Waals surface area contributed by atoms with Crippen molar-refractivity contribution in [2.24, 2.45) is 0 Å². The number of nitrogens with one attached hydrogen (secondary N) is 1. The second kappa shape index (κ2) is 9.85. The minimum atomic E-state index is -4.47. The van der Waals surface area contributed by atoms with Crippen molar-refractivity contribution < 1.29 is 32.2 Å². The first-order valence-electron chi connectivity index (χ1n) is 9.95. The van der Waals surface area contributed by atoms with Crippen LogP contribution in [-0.2, 0) is 16.4 Å². The predicted molar refractivity (Wildman–Crippen MR) is 112 cm³/mol. The molecule has 0 saturated carbocycles. The number of thioether (sulfide) groups is 1. The van der Waals surface area contributed by atoms with Gasteiger partial charge in [-0.3, -0.25) is 9.59 Å². The van der Waals surface area contributed by atoms with Gasteiger partial charge in [0.1, 0.15) is 12.4 Å². The standard InChI is InChI=1S/C21H23F3N2O5S/c1-13-10-15(27)18(29)19(31-13)20(4-8-32-9-5-20)11-16(28)25-6-7-30-17-3-2-14(12-26-17)21(22,23)24/h2-3,10,12,29H,4-9,11H2,1H3,(H,25,28). The minimum Gasteiger partial charge on any atom is -0.502 e. The van der Waals surface area contributed by atoms with Gasteiger partial charge in [0, 0.05) is 30.2 Å². The van der Waals surface area contributed by atoms with Gasteiger partial charge in [0.25, 0.3) is 0 Å². The van der Waals surface area contributed by atoms with Gasteiger partial charge in [0.2, 0.25) is 23.0 Å². The molecular weight excluding hydrogens is 449 g/mol. The topological polar surface area (TPSA) is 102 Å². The normalized spacial score (nSPS) is 15.9. The molecule has 1 fully saturated rings.